The molecule has 5 nitrogen and oxygen atoms in total. The zero-order valence-corrected chi connectivity index (χ0v) is 16.1. The summed E-state index contributed by atoms with van der Waals surface area (Å²) >= 11 is 0. The maximum Gasteiger partial charge on any atom is 0.191 e. The van der Waals surface area contributed by atoms with Crippen molar-refractivity contribution in [3.63, 3.8) is 0 Å². The maximum absolute atomic E-state index is 5.40. The molecular formula is C20H34N4O. The SMILES string of the molecule is CN=C(NCCCC(C)C)NCc1ccc(CN2CCOCC2)cc1. The molecule has 0 atom stereocenters. The summed E-state index contributed by atoms with van der Waals surface area (Å²) in [5.74, 6) is 1.63. The Hall–Kier alpha value is -1.59. The van der Waals surface area contributed by atoms with E-state index in [0.29, 0.717) is 0 Å². The van der Waals surface area contributed by atoms with E-state index in [2.05, 4.69) is 58.6 Å². The number of ether oxygens (including phenoxy) is 1. The van der Waals surface area contributed by atoms with Crippen molar-refractivity contribution >= 4 is 5.96 Å². The highest BCUT2D eigenvalue weighted by atomic mass is 16.5. The van der Waals surface area contributed by atoms with Crippen LogP contribution < -0.4 is 10.6 Å². The predicted molar refractivity (Wildman–Crippen MR) is 105 cm³/mol. The van der Waals surface area contributed by atoms with Crippen molar-refractivity contribution in [3.8, 4) is 0 Å². The van der Waals surface area contributed by atoms with Crippen molar-refractivity contribution in [2.24, 2.45) is 10.9 Å². The molecule has 140 valence electrons. The highest BCUT2D eigenvalue weighted by Crippen LogP contribution is 2.09. The third kappa shape index (κ3) is 7.88. The number of nitrogens with zero attached hydrogens (tertiary/aromatic N) is 2. The van der Waals surface area contributed by atoms with Crippen molar-refractivity contribution in [3.05, 3.63) is 35.4 Å². The van der Waals surface area contributed by atoms with Crippen LogP contribution in [0.25, 0.3) is 0 Å². The molecule has 2 N–H and O–H groups in total. The lowest BCUT2D eigenvalue weighted by atomic mass is 10.1. The molecule has 2 rings (SSSR count). The van der Waals surface area contributed by atoms with Gasteiger partial charge in [0.05, 0.1) is 13.2 Å². The second kappa shape index (κ2) is 11.1. The van der Waals surface area contributed by atoms with Gasteiger partial charge in [0.1, 0.15) is 0 Å². The lowest BCUT2D eigenvalue weighted by Crippen LogP contribution is -2.37. The van der Waals surface area contributed by atoms with Gasteiger partial charge in [-0.1, -0.05) is 38.1 Å². The molecule has 5 heteroatoms. The Labute approximate surface area is 152 Å². The number of aliphatic imine (C=N–C) groups is 1. The molecule has 0 radical (unpaired) electrons. The Bertz CT molecular complexity index is 507. The molecule has 1 aliphatic rings. The minimum Gasteiger partial charge on any atom is -0.379 e. The average molecular weight is 347 g/mol. The third-order valence-corrected chi connectivity index (χ3v) is 4.47. The van der Waals surface area contributed by atoms with Gasteiger partial charge in [0.25, 0.3) is 0 Å². The summed E-state index contributed by atoms with van der Waals surface area (Å²) in [5, 5.41) is 6.77. The standard InChI is InChI=1S/C20H34N4O/c1-17(2)5-4-10-22-20(21-3)23-15-18-6-8-19(9-7-18)16-24-11-13-25-14-12-24/h6-9,17H,4-5,10-16H2,1-3H3,(H2,21,22,23). The average Bonchev–Trinajstić information content (AvgIpc) is 2.63. The van der Waals surface area contributed by atoms with Gasteiger partial charge in [-0.2, -0.15) is 0 Å². The van der Waals surface area contributed by atoms with Crippen molar-refractivity contribution in [2.45, 2.75) is 39.8 Å². The maximum atomic E-state index is 5.40. The number of morpholine rings is 1. The fraction of sp³-hybridized carbons (Fsp3) is 0.650. The Morgan fingerprint density at radius 2 is 1.80 bits per heavy atom. The highest BCUT2D eigenvalue weighted by molar-refractivity contribution is 5.79. The van der Waals surface area contributed by atoms with Gasteiger partial charge in [0, 0.05) is 39.8 Å². The Morgan fingerprint density at radius 1 is 1.12 bits per heavy atom. The van der Waals surface area contributed by atoms with Crippen LogP contribution in [0, 0.1) is 5.92 Å². The first-order valence-corrected chi connectivity index (χ1v) is 9.50. The van der Waals surface area contributed by atoms with E-state index in [-0.39, 0.29) is 0 Å². The Kier molecular flexibility index (Phi) is 8.77. The monoisotopic (exact) mass is 346 g/mol. The number of nitrogens with one attached hydrogen (secondary N) is 2. The fourth-order valence-electron chi connectivity index (χ4n) is 2.90. The van der Waals surface area contributed by atoms with Crippen LogP contribution in [-0.2, 0) is 17.8 Å². The van der Waals surface area contributed by atoms with Gasteiger partial charge < -0.3 is 15.4 Å². The van der Waals surface area contributed by atoms with Gasteiger partial charge in [-0.05, 0) is 29.9 Å². The van der Waals surface area contributed by atoms with Gasteiger partial charge in [0.15, 0.2) is 5.96 Å². The van der Waals surface area contributed by atoms with E-state index in [0.717, 1.165) is 57.8 Å². The molecule has 25 heavy (non-hydrogen) atoms. The minimum absolute atomic E-state index is 0.757. The van der Waals surface area contributed by atoms with Gasteiger partial charge in [-0.25, -0.2) is 0 Å². The molecule has 0 aliphatic carbocycles. The lowest BCUT2D eigenvalue weighted by molar-refractivity contribution is 0.0342. The first kappa shape index (κ1) is 19.7. The summed E-state index contributed by atoms with van der Waals surface area (Å²) in [5.41, 5.74) is 2.64. The number of benzene rings is 1. The predicted octanol–water partition coefficient (Wildman–Crippen LogP) is 2.62. The summed E-state index contributed by atoms with van der Waals surface area (Å²) in [4.78, 5) is 6.73. The second-order valence-corrected chi connectivity index (χ2v) is 7.09. The van der Waals surface area contributed by atoms with E-state index < -0.39 is 0 Å². The van der Waals surface area contributed by atoms with Crippen molar-refractivity contribution in [1.29, 1.82) is 0 Å². The van der Waals surface area contributed by atoms with Crippen LogP contribution in [0.4, 0.5) is 0 Å². The molecule has 0 spiro atoms. The molecule has 0 amide bonds. The topological polar surface area (TPSA) is 48.9 Å². The summed E-state index contributed by atoms with van der Waals surface area (Å²) in [6, 6.07) is 8.86. The zero-order chi connectivity index (χ0) is 17.9. The molecular weight excluding hydrogens is 312 g/mol. The van der Waals surface area contributed by atoms with Crippen LogP contribution in [0.5, 0.6) is 0 Å². The number of hydrogen-bond acceptors (Lipinski definition) is 3. The van der Waals surface area contributed by atoms with Crippen molar-refractivity contribution < 1.29 is 4.74 Å². The Balaban J connectivity index is 1.70. The lowest BCUT2D eigenvalue weighted by Gasteiger charge is -2.26. The summed E-state index contributed by atoms with van der Waals surface area (Å²) < 4.78 is 5.40. The van der Waals surface area contributed by atoms with Crippen LogP contribution in [-0.4, -0.2) is 50.8 Å². The first-order valence-electron chi connectivity index (χ1n) is 9.50. The van der Waals surface area contributed by atoms with Crippen LogP contribution >= 0.6 is 0 Å². The largest absolute Gasteiger partial charge is 0.379 e. The molecule has 1 aromatic carbocycles. The quantitative estimate of drug-likeness (QED) is 0.432. The molecule has 0 saturated carbocycles. The van der Waals surface area contributed by atoms with Crippen LogP contribution in [0.2, 0.25) is 0 Å². The van der Waals surface area contributed by atoms with Gasteiger partial charge >= 0.3 is 0 Å². The second-order valence-electron chi connectivity index (χ2n) is 7.09. The van der Waals surface area contributed by atoms with E-state index >= 15 is 0 Å². The van der Waals surface area contributed by atoms with E-state index in [4.69, 9.17) is 4.74 Å². The van der Waals surface area contributed by atoms with Crippen molar-refractivity contribution in [2.75, 3.05) is 39.9 Å². The van der Waals surface area contributed by atoms with E-state index in [1.807, 2.05) is 7.05 Å². The first-order chi connectivity index (χ1) is 12.2. The summed E-state index contributed by atoms with van der Waals surface area (Å²) in [7, 11) is 1.82. The van der Waals surface area contributed by atoms with Gasteiger partial charge in [0.2, 0.25) is 0 Å². The van der Waals surface area contributed by atoms with Crippen LogP contribution in [0.3, 0.4) is 0 Å². The van der Waals surface area contributed by atoms with Gasteiger partial charge in [-0.15, -0.1) is 0 Å². The molecule has 1 fully saturated rings. The third-order valence-electron chi connectivity index (χ3n) is 4.47. The Morgan fingerprint density at radius 3 is 2.44 bits per heavy atom. The molecule has 1 aliphatic heterocycles. The molecule has 1 aromatic rings. The molecule has 1 heterocycles. The van der Waals surface area contributed by atoms with Crippen LogP contribution in [0.1, 0.15) is 37.8 Å². The minimum atomic E-state index is 0.757. The number of rotatable bonds is 8. The van der Waals surface area contributed by atoms with Gasteiger partial charge in [-0.3, -0.25) is 9.89 Å². The van der Waals surface area contributed by atoms with Crippen molar-refractivity contribution in [1.82, 2.24) is 15.5 Å². The van der Waals surface area contributed by atoms with E-state index in [1.165, 1.54) is 24.0 Å². The highest BCUT2D eigenvalue weighted by Gasteiger charge is 2.10. The molecule has 0 aromatic heterocycles. The molecule has 0 unspecified atom stereocenters. The van der Waals surface area contributed by atoms with Crippen LogP contribution in [0.15, 0.2) is 29.3 Å². The van der Waals surface area contributed by atoms with E-state index in [1.54, 1.807) is 0 Å². The summed E-state index contributed by atoms with van der Waals surface area (Å²) in [6.07, 6.45) is 2.42. The summed E-state index contributed by atoms with van der Waals surface area (Å²) in [6.45, 7) is 11.1. The molecule has 0 bridgehead atoms. The smallest absolute Gasteiger partial charge is 0.191 e. The zero-order valence-electron chi connectivity index (χ0n) is 16.1. The number of hydrogen-bond donors (Lipinski definition) is 2. The number of guanidine groups is 1. The normalized spacial score (nSPS) is 16.2. The fourth-order valence-corrected chi connectivity index (χ4v) is 2.90. The molecule has 1 saturated heterocycles. The van der Waals surface area contributed by atoms with E-state index in [9.17, 15) is 0 Å².